The number of ether oxygens (including phenoxy) is 1. The molecule has 1 fully saturated rings. The summed E-state index contributed by atoms with van der Waals surface area (Å²) in [6.45, 7) is 1.35. The van der Waals surface area contributed by atoms with Gasteiger partial charge in [-0.1, -0.05) is 12.1 Å². The second-order valence-corrected chi connectivity index (χ2v) is 5.42. The van der Waals surface area contributed by atoms with Gasteiger partial charge in [0.25, 0.3) is 5.56 Å². The minimum atomic E-state index is -1.44. The molecule has 0 amide bonds. The van der Waals surface area contributed by atoms with Gasteiger partial charge in [-0.3, -0.25) is 14.3 Å². The fraction of sp³-hybridized carbons (Fsp3) is 0.538. The zero-order valence-electron chi connectivity index (χ0n) is 12.7. The number of nitrogens with one attached hydrogen (secondary N) is 1. The first-order chi connectivity index (χ1) is 11.5. The number of aliphatic hydroxyl groups excluding tert-OH is 3. The summed E-state index contributed by atoms with van der Waals surface area (Å²) in [6.07, 6.45) is -1.78. The molecule has 24 heavy (non-hydrogen) atoms. The van der Waals surface area contributed by atoms with Crippen LogP contribution in [0.4, 0.5) is 0 Å². The normalized spacial score (nSPS) is 26.8. The Labute approximate surface area is 134 Å². The highest BCUT2D eigenvalue weighted by Gasteiger charge is 2.43. The van der Waals surface area contributed by atoms with Crippen molar-refractivity contribution in [3.8, 4) is 5.69 Å². The Hall–Kier alpha value is -2.34. The SMILES string of the molecule is CCc1cn(-c2cn([C@@H]3O[C@H](CO)C(O)C3O)c(=O)[nH]c2=O)nn1. The molecular formula is C13H17N5O6. The Kier molecular flexibility index (Phi) is 4.32. The second-order valence-electron chi connectivity index (χ2n) is 5.42. The number of rotatable bonds is 4. The predicted molar refractivity (Wildman–Crippen MR) is 78.6 cm³/mol. The number of hydrogen-bond donors (Lipinski definition) is 4. The molecule has 0 bridgehead atoms. The molecule has 0 radical (unpaired) electrons. The van der Waals surface area contributed by atoms with Gasteiger partial charge in [0.1, 0.15) is 24.0 Å². The number of aromatic nitrogens is 5. The summed E-state index contributed by atoms with van der Waals surface area (Å²) in [5.74, 6) is 0. The number of nitrogens with zero attached hydrogens (tertiary/aromatic N) is 4. The topological polar surface area (TPSA) is 155 Å². The Morgan fingerprint density at radius 2 is 2.04 bits per heavy atom. The number of aliphatic hydroxyl groups is 3. The van der Waals surface area contributed by atoms with Crippen molar-refractivity contribution in [3.05, 3.63) is 38.9 Å². The van der Waals surface area contributed by atoms with Gasteiger partial charge in [-0.05, 0) is 6.42 Å². The quantitative estimate of drug-likeness (QED) is 0.468. The van der Waals surface area contributed by atoms with E-state index < -0.39 is 42.4 Å². The Balaban J connectivity index is 2.05. The minimum Gasteiger partial charge on any atom is -0.394 e. The van der Waals surface area contributed by atoms with Gasteiger partial charge < -0.3 is 20.1 Å². The Bertz CT molecular complexity index is 842. The first-order valence-electron chi connectivity index (χ1n) is 7.35. The zero-order valence-corrected chi connectivity index (χ0v) is 12.7. The molecule has 1 saturated heterocycles. The van der Waals surface area contributed by atoms with Crippen molar-refractivity contribution in [2.24, 2.45) is 0 Å². The van der Waals surface area contributed by atoms with Gasteiger partial charge in [0, 0.05) is 6.20 Å². The van der Waals surface area contributed by atoms with E-state index in [2.05, 4.69) is 15.3 Å². The van der Waals surface area contributed by atoms with Crippen LogP contribution in [0.25, 0.3) is 5.69 Å². The monoisotopic (exact) mass is 339 g/mol. The van der Waals surface area contributed by atoms with E-state index in [-0.39, 0.29) is 5.69 Å². The van der Waals surface area contributed by atoms with Crippen molar-refractivity contribution < 1.29 is 20.1 Å². The Morgan fingerprint density at radius 3 is 2.62 bits per heavy atom. The van der Waals surface area contributed by atoms with E-state index >= 15 is 0 Å². The van der Waals surface area contributed by atoms with Crippen LogP contribution in [0.15, 0.2) is 22.0 Å². The summed E-state index contributed by atoms with van der Waals surface area (Å²) >= 11 is 0. The average Bonchev–Trinajstić information content (AvgIpc) is 3.14. The van der Waals surface area contributed by atoms with E-state index in [4.69, 9.17) is 9.84 Å². The first kappa shape index (κ1) is 16.5. The van der Waals surface area contributed by atoms with Crippen LogP contribution in [0, 0.1) is 0 Å². The van der Waals surface area contributed by atoms with Crippen LogP contribution >= 0.6 is 0 Å². The van der Waals surface area contributed by atoms with Crippen molar-refractivity contribution in [2.45, 2.75) is 37.9 Å². The molecule has 11 heteroatoms. The van der Waals surface area contributed by atoms with Gasteiger partial charge in [-0.2, -0.15) is 0 Å². The second kappa shape index (κ2) is 6.28. The van der Waals surface area contributed by atoms with E-state index in [0.29, 0.717) is 12.1 Å². The summed E-state index contributed by atoms with van der Waals surface area (Å²) in [5.41, 5.74) is -0.857. The van der Waals surface area contributed by atoms with Gasteiger partial charge in [-0.25, -0.2) is 9.48 Å². The molecule has 0 spiro atoms. The average molecular weight is 339 g/mol. The van der Waals surface area contributed by atoms with Gasteiger partial charge in [0.2, 0.25) is 0 Å². The van der Waals surface area contributed by atoms with Crippen LogP contribution in [-0.2, 0) is 11.2 Å². The molecular weight excluding hydrogens is 322 g/mol. The maximum atomic E-state index is 12.0. The summed E-state index contributed by atoms with van der Waals surface area (Å²) in [6, 6.07) is 0. The van der Waals surface area contributed by atoms with Gasteiger partial charge in [0.05, 0.1) is 18.5 Å². The molecule has 0 aliphatic carbocycles. The number of H-pyrrole nitrogens is 1. The molecule has 4 N–H and O–H groups in total. The molecule has 2 aromatic rings. The zero-order chi connectivity index (χ0) is 17.4. The maximum Gasteiger partial charge on any atom is 0.330 e. The third-order valence-corrected chi connectivity index (χ3v) is 3.89. The lowest BCUT2D eigenvalue weighted by atomic mass is 10.1. The van der Waals surface area contributed by atoms with Crippen molar-refractivity contribution in [1.82, 2.24) is 24.5 Å². The third kappa shape index (κ3) is 2.67. The van der Waals surface area contributed by atoms with Crippen LogP contribution in [0.1, 0.15) is 18.8 Å². The van der Waals surface area contributed by atoms with Crippen molar-refractivity contribution in [2.75, 3.05) is 6.61 Å². The van der Waals surface area contributed by atoms with E-state index in [9.17, 15) is 19.8 Å². The summed E-state index contributed by atoms with van der Waals surface area (Å²) in [4.78, 5) is 26.2. The van der Waals surface area contributed by atoms with Crippen LogP contribution in [0.5, 0.6) is 0 Å². The maximum absolute atomic E-state index is 12.0. The van der Waals surface area contributed by atoms with Crippen molar-refractivity contribution in [1.29, 1.82) is 0 Å². The molecule has 0 saturated carbocycles. The minimum absolute atomic E-state index is 0.000428. The largest absolute Gasteiger partial charge is 0.394 e. The van der Waals surface area contributed by atoms with Crippen molar-refractivity contribution >= 4 is 0 Å². The van der Waals surface area contributed by atoms with Crippen LogP contribution in [-0.4, -0.2) is 64.8 Å². The molecule has 2 unspecified atom stereocenters. The lowest BCUT2D eigenvalue weighted by Crippen LogP contribution is -2.39. The van der Waals surface area contributed by atoms with Crippen LogP contribution in [0.2, 0.25) is 0 Å². The highest BCUT2D eigenvalue weighted by molar-refractivity contribution is 5.24. The highest BCUT2D eigenvalue weighted by Crippen LogP contribution is 2.28. The van der Waals surface area contributed by atoms with Gasteiger partial charge >= 0.3 is 5.69 Å². The lowest BCUT2D eigenvalue weighted by molar-refractivity contribution is -0.0550. The molecule has 3 heterocycles. The first-order valence-corrected chi connectivity index (χ1v) is 7.35. The molecule has 4 atom stereocenters. The highest BCUT2D eigenvalue weighted by atomic mass is 16.6. The van der Waals surface area contributed by atoms with Gasteiger partial charge in [-0.15, -0.1) is 5.10 Å². The van der Waals surface area contributed by atoms with Gasteiger partial charge in [0.15, 0.2) is 6.23 Å². The van der Waals surface area contributed by atoms with E-state index in [0.717, 1.165) is 10.8 Å². The van der Waals surface area contributed by atoms with E-state index in [1.807, 2.05) is 6.92 Å². The number of hydrogen-bond acceptors (Lipinski definition) is 8. The molecule has 0 aromatic carbocycles. The van der Waals surface area contributed by atoms with E-state index in [1.54, 1.807) is 0 Å². The van der Waals surface area contributed by atoms with E-state index in [1.165, 1.54) is 10.9 Å². The Morgan fingerprint density at radius 1 is 1.29 bits per heavy atom. The van der Waals surface area contributed by atoms with Crippen LogP contribution < -0.4 is 11.2 Å². The molecule has 130 valence electrons. The summed E-state index contributed by atoms with van der Waals surface area (Å²) < 4.78 is 7.45. The standard InChI is InChI=1S/C13H17N5O6/c1-2-6-3-18(16-15-6)7-4-17(13(23)14-11(7)22)12-10(21)9(20)8(5-19)24-12/h3-4,8-10,12,19-21H,2,5H2,1H3,(H,14,22,23)/t8-,9?,10?,12-/m1/s1. The molecule has 11 nitrogen and oxygen atoms in total. The smallest absolute Gasteiger partial charge is 0.330 e. The number of aromatic amines is 1. The van der Waals surface area contributed by atoms with Crippen LogP contribution in [0.3, 0.4) is 0 Å². The molecule has 1 aliphatic heterocycles. The molecule has 1 aliphatic rings. The molecule has 3 rings (SSSR count). The summed E-state index contributed by atoms with van der Waals surface area (Å²) in [7, 11) is 0. The number of aryl methyl sites for hydroxylation is 1. The predicted octanol–water partition coefficient (Wildman–Crippen LogP) is -2.71. The molecule has 2 aromatic heterocycles. The fourth-order valence-electron chi connectivity index (χ4n) is 2.51. The third-order valence-electron chi connectivity index (χ3n) is 3.89. The van der Waals surface area contributed by atoms with Crippen molar-refractivity contribution in [3.63, 3.8) is 0 Å². The lowest BCUT2D eigenvalue weighted by Gasteiger charge is -2.17. The fourth-order valence-corrected chi connectivity index (χ4v) is 2.51. The summed E-state index contributed by atoms with van der Waals surface area (Å²) in [5, 5.41) is 36.7.